The zero-order chi connectivity index (χ0) is 13.0. The van der Waals surface area contributed by atoms with Gasteiger partial charge in [0.2, 0.25) is 0 Å². The molecule has 0 spiro atoms. The molecule has 18 heavy (non-hydrogen) atoms. The van der Waals surface area contributed by atoms with Gasteiger partial charge in [0.15, 0.2) is 0 Å². The van der Waals surface area contributed by atoms with Gasteiger partial charge in [0, 0.05) is 17.8 Å². The lowest BCUT2D eigenvalue weighted by molar-refractivity contribution is 0.160. The molecule has 1 aromatic carbocycles. The first-order valence-electron chi connectivity index (χ1n) is 6.81. The Balaban J connectivity index is 1.68. The van der Waals surface area contributed by atoms with Gasteiger partial charge in [-0.15, -0.1) is 0 Å². The van der Waals surface area contributed by atoms with Gasteiger partial charge in [-0.05, 0) is 63.9 Å². The number of anilines is 1. The molecule has 2 rings (SSSR count). The maximum Gasteiger partial charge on any atom is 0.119 e. The number of likely N-dealkylation sites (tertiary alicyclic amines) is 1. The minimum absolute atomic E-state index is 0.376. The first kappa shape index (κ1) is 13.2. The van der Waals surface area contributed by atoms with Crippen LogP contribution in [0.2, 0.25) is 0 Å². The number of nitrogens with zero attached hydrogens (tertiary/aromatic N) is 1. The topological polar surface area (TPSA) is 38.5 Å². The van der Waals surface area contributed by atoms with Crippen molar-refractivity contribution in [2.75, 3.05) is 25.4 Å². The van der Waals surface area contributed by atoms with E-state index >= 15 is 0 Å². The number of ether oxygens (including phenoxy) is 1. The Bertz CT molecular complexity index is 373. The Labute approximate surface area is 110 Å². The van der Waals surface area contributed by atoms with Crippen LogP contribution in [0, 0.1) is 0 Å². The number of rotatable bonds is 5. The van der Waals surface area contributed by atoms with Crippen LogP contribution in [0.5, 0.6) is 5.75 Å². The molecular formula is C15H24N2O. The molecule has 1 aliphatic rings. The molecule has 0 saturated carbocycles. The molecule has 0 bridgehead atoms. The standard InChI is InChI=1S/C15H24N2O/c1-15(2)9-3-10-17(15)11-4-12-18-14-7-5-13(16)6-8-14/h5-8H,3-4,9-12,16H2,1-2H3. The van der Waals surface area contributed by atoms with Crippen LogP contribution in [-0.2, 0) is 0 Å². The number of hydrogen-bond donors (Lipinski definition) is 1. The van der Waals surface area contributed by atoms with Crippen LogP contribution in [0.25, 0.3) is 0 Å². The van der Waals surface area contributed by atoms with Crippen molar-refractivity contribution in [3.8, 4) is 5.75 Å². The van der Waals surface area contributed by atoms with Gasteiger partial charge in [-0.25, -0.2) is 0 Å². The van der Waals surface area contributed by atoms with E-state index in [4.69, 9.17) is 10.5 Å². The van der Waals surface area contributed by atoms with E-state index in [-0.39, 0.29) is 0 Å². The minimum atomic E-state index is 0.376. The lowest BCUT2D eigenvalue weighted by Gasteiger charge is -2.31. The largest absolute Gasteiger partial charge is 0.494 e. The summed E-state index contributed by atoms with van der Waals surface area (Å²) in [6.45, 7) is 7.80. The quantitative estimate of drug-likeness (QED) is 0.643. The van der Waals surface area contributed by atoms with Crippen LogP contribution in [0.4, 0.5) is 5.69 Å². The number of benzene rings is 1. The van der Waals surface area contributed by atoms with Gasteiger partial charge in [-0.3, -0.25) is 4.90 Å². The third kappa shape index (κ3) is 3.39. The Morgan fingerprint density at radius 1 is 1.28 bits per heavy atom. The molecule has 100 valence electrons. The second-order valence-corrected chi connectivity index (χ2v) is 5.67. The molecule has 0 atom stereocenters. The third-order valence-corrected chi connectivity index (χ3v) is 3.79. The summed E-state index contributed by atoms with van der Waals surface area (Å²) in [6.07, 6.45) is 3.71. The summed E-state index contributed by atoms with van der Waals surface area (Å²) in [4.78, 5) is 2.57. The Hall–Kier alpha value is -1.22. The van der Waals surface area contributed by atoms with E-state index in [1.807, 2.05) is 24.3 Å². The molecule has 1 fully saturated rings. The molecule has 0 aromatic heterocycles. The van der Waals surface area contributed by atoms with Gasteiger partial charge in [-0.2, -0.15) is 0 Å². The molecule has 3 nitrogen and oxygen atoms in total. The molecule has 1 aliphatic heterocycles. The normalized spacial score (nSPS) is 19.0. The van der Waals surface area contributed by atoms with Crippen molar-refractivity contribution < 1.29 is 4.74 Å². The lowest BCUT2D eigenvalue weighted by Crippen LogP contribution is -2.39. The van der Waals surface area contributed by atoms with E-state index in [0.29, 0.717) is 5.54 Å². The molecule has 1 saturated heterocycles. The summed E-state index contributed by atoms with van der Waals surface area (Å²) in [6, 6.07) is 7.60. The maximum absolute atomic E-state index is 5.71. The van der Waals surface area contributed by atoms with Crippen molar-refractivity contribution in [1.82, 2.24) is 4.90 Å². The fraction of sp³-hybridized carbons (Fsp3) is 0.600. The van der Waals surface area contributed by atoms with Crippen LogP contribution in [0.1, 0.15) is 33.1 Å². The lowest BCUT2D eigenvalue weighted by atomic mass is 10.0. The van der Waals surface area contributed by atoms with Gasteiger partial charge >= 0.3 is 0 Å². The summed E-state index contributed by atoms with van der Waals surface area (Å²) in [5.41, 5.74) is 6.79. The number of nitrogen functional groups attached to an aromatic ring is 1. The first-order chi connectivity index (χ1) is 8.58. The highest BCUT2D eigenvalue weighted by Crippen LogP contribution is 2.27. The van der Waals surface area contributed by atoms with Gasteiger partial charge in [0.05, 0.1) is 6.61 Å². The summed E-state index contributed by atoms with van der Waals surface area (Å²) < 4.78 is 5.71. The molecule has 0 radical (unpaired) electrons. The molecule has 3 heteroatoms. The Kier molecular flexibility index (Phi) is 4.12. The molecule has 0 amide bonds. The van der Waals surface area contributed by atoms with Gasteiger partial charge in [-0.1, -0.05) is 0 Å². The maximum atomic E-state index is 5.71. The van der Waals surface area contributed by atoms with Crippen molar-refractivity contribution in [2.24, 2.45) is 0 Å². The minimum Gasteiger partial charge on any atom is -0.494 e. The predicted molar refractivity (Wildman–Crippen MR) is 75.9 cm³/mol. The predicted octanol–water partition coefficient (Wildman–Crippen LogP) is 2.91. The van der Waals surface area contributed by atoms with Crippen LogP contribution in [-0.4, -0.2) is 30.1 Å². The van der Waals surface area contributed by atoms with Gasteiger partial charge in [0.25, 0.3) is 0 Å². The highest BCUT2D eigenvalue weighted by Gasteiger charge is 2.30. The van der Waals surface area contributed by atoms with Crippen molar-refractivity contribution in [2.45, 2.75) is 38.6 Å². The van der Waals surface area contributed by atoms with E-state index in [0.717, 1.165) is 31.0 Å². The van der Waals surface area contributed by atoms with E-state index in [1.54, 1.807) is 0 Å². The average Bonchev–Trinajstić information content (AvgIpc) is 2.66. The fourth-order valence-corrected chi connectivity index (χ4v) is 2.59. The van der Waals surface area contributed by atoms with Crippen LogP contribution in [0.3, 0.4) is 0 Å². The van der Waals surface area contributed by atoms with E-state index in [1.165, 1.54) is 19.4 Å². The molecular weight excluding hydrogens is 224 g/mol. The fourth-order valence-electron chi connectivity index (χ4n) is 2.59. The summed E-state index contributed by atoms with van der Waals surface area (Å²) in [5.74, 6) is 0.907. The van der Waals surface area contributed by atoms with Crippen LogP contribution < -0.4 is 10.5 Å². The second kappa shape index (κ2) is 5.61. The average molecular weight is 248 g/mol. The van der Waals surface area contributed by atoms with Crippen molar-refractivity contribution in [3.63, 3.8) is 0 Å². The smallest absolute Gasteiger partial charge is 0.119 e. The monoisotopic (exact) mass is 248 g/mol. The molecule has 0 aliphatic carbocycles. The van der Waals surface area contributed by atoms with Crippen LogP contribution in [0.15, 0.2) is 24.3 Å². The van der Waals surface area contributed by atoms with Crippen molar-refractivity contribution in [3.05, 3.63) is 24.3 Å². The molecule has 1 heterocycles. The SMILES string of the molecule is CC1(C)CCCN1CCCOc1ccc(N)cc1. The number of nitrogens with two attached hydrogens (primary N) is 1. The highest BCUT2D eigenvalue weighted by molar-refractivity contribution is 5.41. The zero-order valence-electron chi connectivity index (χ0n) is 11.5. The number of hydrogen-bond acceptors (Lipinski definition) is 3. The van der Waals surface area contributed by atoms with Gasteiger partial charge < -0.3 is 10.5 Å². The van der Waals surface area contributed by atoms with Crippen molar-refractivity contribution in [1.29, 1.82) is 0 Å². The summed E-state index contributed by atoms with van der Waals surface area (Å²) >= 11 is 0. The van der Waals surface area contributed by atoms with Crippen molar-refractivity contribution >= 4 is 5.69 Å². The van der Waals surface area contributed by atoms with Gasteiger partial charge in [0.1, 0.15) is 5.75 Å². The summed E-state index contributed by atoms with van der Waals surface area (Å²) in [5, 5.41) is 0. The highest BCUT2D eigenvalue weighted by atomic mass is 16.5. The Morgan fingerprint density at radius 2 is 2.00 bits per heavy atom. The molecule has 2 N–H and O–H groups in total. The van der Waals surface area contributed by atoms with E-state index in [2.05, 4.69) is 18.7 Å². The van der Waals surface area contributed by atoms with Crippen LogP contribution >= 0.6 is 0 Å². The molecule has 0 unspecified atom stereocenters. The summed E-state index contributed by atoms with van der Waals surface area (Å²) in [7, 11) is 0. The van der Waals surface area contributed by atoms with E-state index in [9.17, 15) is 0 Å². The zero-order valence-corrected chi connectivity index (χ0v) is 11.5. The van der Waals surface area contributed by atoms with E-state index < -0.39 is 0 Å². The Morgan fingerprint density at radius 3 is 2.61 bits per heavy atom. The third-order valence-electron chi connectivity index (χ3n) is 3.79. The second-order valence-electron chi connectivity index (χ2n) is 5.67. The first-order valence-corrected chi connectivity index (χ1v) is 6.81. The molecule has 1 aromatic rings.